The number of rotatable bonds is 2. The Kier molecular flexibility index (Phi) is 4.27. The van der Waals surface area contributed by atoms with Crippen LogP contribution >= 0.6 is 15.9 Å². The van der Waals surface area contributed by atoms with Crippen LogP contribution in [0.25, 0.3) is 0 Å². The molecule has 10 heteroatoms. The Bertz CT molecular complexity index is 670. The van der Waals surface area contributed by atoms with E-state index in [0.717, 1.165) is 6.20 Å². The number of halogens is 4. The number of aliphatic hydroxyl groups is 1. The number of alkyl halides is 3. The number of ether oxygens (including phenoxy) is 1. The van der Waals surface area contributed by atoms with Crippen LogP contribution in [0.5, 0.6) is 0 Å². The van der Waals surface area contributed by atoms with Gasteiger partial charge in [0.05, 0.1) is 12.2 Å². The quantitative estimate of drug-likeness (QED) is 0.738. The first-order valence-electron chi connectivity index (χ1n) is 5.61. The van der Waals surface area contributed by atoms with Gasteiger partial charge in [-0.05, 0) is 10.8 Å². The van der Waals surface area contributed by atoms with Gasteiger partial charge >= 0.3 is 11.6 Å². The molecular formula is C11H9BrF3N3O3. The van der Waals surface area contributed by atoms with Gasteiger partial charge in [0.1, 0.15) is 11.9 Å². The minimum Gasteiger partial charge on any atom is -0.393 e. The molecule has 1 aromatic heterocycles. The van der Waals surface area contributed by atoms with Crippen LogP contribution in [-0.2, 0) is 4.74 Å². The van der Waals surface area contributed by atoms with Crippen molar-refractivity contribution in [2.45, 2.75) is 24.4 Å². The lowest BCUT2D eigenvalue weighted by Gasteiger charge is -2.17. The van der Waals surface area contributed by atoms with Gasteiger partial charge in [-0.1, -0.05) is 0 Å². The van der Waals surface area contributed by atoms with Gasteiger partial charge in [-0.2, -0.15) is 4.98 Å². The lowest BCUT2D eigenvalue weighted by Crippen LogP contribution is -2.39. The average Bonchev–Trinajstić information content (AvgIpc) is 2.64. The van der Waals surface area contributed by atoms with Crippen molar-refractivity contribution in [2.24, 2.45) is 0 Å². The molecule has 0 aromatic carbocycles. The Labute approximate surface area is 124 Å². The number of anilines is 1. The van der Waals surface area contributed by atoms with E-state index in [0.29, 0.717) is 4.57 Å². The van der Waals surface area contributed by atoms with Crippen LogP contribution in [0.1, 0.15) is 11.8 Å². The predicted molar refractivity (Wildman–Crippen MR) is 69.6 cm³/mol. The largest absolute Gasteiger partial charge is 0.393 e. The molecule has 1 fully saturated rings. The number of aromatic nitrogens is 2. The Hall–Kier alpha value is -1.57. The Balaban J connectivity index is 2.49. The molecule has 0 saturated carbocycles. The van der Waals surface area contributed by atoms with Crippen LogP contribution < -0.4 is 11.4 Å². The number of nitrogens with zero attached hydrogens (tertiary/aromatic N) is 2. The van der Waals surface area contributed by atoms with Crippen LogP contribution in [0.4, 0.5) is 19.0 Å². The number of nitrogens with two attached hydrogens (primary N) is 1. The molecule has 2 heterocycles. The highest BCUT2D eigenvalue weighted by Gasteiger charge is 2.60. The predicted octanol–water partition coefficient (Wildman–Crippen LogP) is 0.393. The lowest BCUT2D eigenvalue weighted by molar-refractivity contribution is -0.111. The van der Waals surface area contributed by atoms with Gasteiger partial charge < -0.3 is 15.6 Å². The summed E-state index contributed by atoms with van der Waals surface area (Å²) in [6.07, 6.45) is -5.81. The molecular weight excluding hydrogens is 359 g/mol. The molecule has 0 bridgehead atoms. The first kappa shape index (κ1) is 15.8. The zero-order chi connectivity index (χ0) is 15.8. The Morgan fingerprint density at radius 2 is 2.29 bits per heavy atom. The fraction of sp³-hybridized carbons (Fsp3) is 0.455. The first-order valence-corrected chi connectivity index (χ1v) is 6.40. The second-order valence-electron chi connectivity index (χ2n) is 4.22. The van der Waals surface area contributed by atoms with Crippen LogP contribution in [0.2, 0.25) is 0 Å². The molecule has 0 spiro atoms. The number of aliphatic hydroxyl groups excluding tert-OH is 1. The smallest absolute Gasteiger partial charge is 0.351 e. The second-order valence-corrected chi connectivity index (χ2v) is 4.62. The third-order valence-corrected chi connectivity index (χ3v) is 3.15. The minimum atomic E-state index is -3.93. The topological polar surface area (TPSA) is 90.4 Å². The van der Waals surface area contributed by atoms with Crippen molar-refractivity contribution in [2.75, 3.05) is 12.3 Å². The van der Waals surface area contributed by atoms with Gasteiger partial charge in [0.25, 0.3) is 0 Å². The van der Waals surface area contributed by atoms with E-state index in [4.69, 9.17) is 15.6 Å². The Morgan fingerprint density at radius 1 is 1.62 bits per heavy atom. The molecule has 3 unspecified atom stereocenters. The van der Waals surface area contributed by atoms with Gasteiger partial charge in [0, 0.05) is 22.1 Å². The summed E-state index contributed by atoms with van der Waals surface area (Å²) in [5.74, 6) is -1.72. The maximum atomic E-state index is 13.8. The van der Waals surface area contributed by atoms with Crippen molar-refractivity contribution >= 4 is 21.7 Å². The average molecular weight is 368 g/mol. The SMILES string of the molecule is Nc1nc(=O)n(C2OC(CO)C(F)(F)C2F)cc1C#CBr. The van der Waals surface area contributed by atoms with Crippen LogP contribution in [0, 0.1) is 10.8 Å². The molecule has 1 aliphatic rings. The van der Waals surface area contributed by atoms with Crippen molar-refractivity contribution < 1.29 is 23.0 Å². The molecule has 1 aliphatic heterocycles. The molecule has 0 aliphatic carbocycles. The standard InChI is InChI=1S/C11H9BrF3N3O3/c12-2-1-5-3-18(10(20)17-8(5)16)9-7(13)11(14,15)6(4-19)21-9/h3,6-7,9,19H,4H2,(H2,16,17,20). The van der Waals surface area contributed by atoms with Crippen LogP contribution in [0.15, 0.2) is 11.0 Å². The van der Waals surface area contributed by atoms with Crippen molar-refractivity contribution in [1.82, 2.24) is 9.55 Å². The van der Waals surface area contributed by atoms with E-state index in [1.54, 1.807) is 0 Å². The minimum absolute atomic E-state index is 0.0399. The van der Waals surface area contributed by atoms with E-state index in [1.165, 1.54) is 0 Å². The normalized spacial score (nSPS) is 27.2. The van der Waals surface area contributed by atoms with Crippen molar-refractivity contribution in [1.29, 1.82) is 0 Å². The second kappa shape index (κ2) is 5.67. The highest BCUT2D eigenvalue weighted by molar-refractivity contribution is 9.12. The summed E-state index contributed by atoms with van der Waals surface area (Å²) in [5.41, 5.74) is 4.43. The summed E-state index contributed by atoms with van der Waals surface area (Å²) < 4.78 is 46.2. The fourth-order valence-electron chi connectivity index (χ4n) is 1.88. The molecule has 2 rings (SSSR count). The van der Waals surface area contributed by atoms with E-state index in [2.05, 4.69) is 31.7 Å². The summed E-state index contributed by atoms with van der Waals surface area (Å²) in [7, 11) is 0. The third-order valence-electron chi connectivity index (χ3n) is 2.95. The molecule has 1 saturated heterocycles. The molecule has 6 nitrogen and oxygen atoms in total. The van der Waals surface area contributed by atoms with Gasteiger partial charge in [0.2, 0.25) is 6.17 Å². The number of nitrogen functional groups attached to an aromatic ring is 1. The molecule has 0 radical (unpaired) electrons. The highest BCUT2D eigenvalue weighted by atomic mass is 79.9. The highest BCUT2D eigenvalue weighted by Crippen LogP contribution is 2.42. The summed E-state index contributed by atoms with van der Waals surface area (Å²) >= 11 is 2.81. The van der Waals surface area contributed by atoms with Crippen molar-refractivity contribution in [3.63, 3.8) is 0 Å². The van der Waals surface area contributed by atoms with E-state index < -0.39 is 36.7 Å². The molecule has 114 valence electrons. The summed E-state index contributed by atoms with van der Waals surface area (Å²) in [6, 6.07) is 0. The monoisotopic (exact) mass is 367 g/mol. The van der Waals surface area contributed by atoms with Gasteiger partial charge in [-0.15, -0.1) is 0 Å². The summed E-state index contributed by atoms with van der Waals surface area (Å²) in [4.78, 5) is 17.4. The van der Waals surface area contributed by atoms with E-state index in [-0.39, 0.29) is 11.4 Å². The molecule has 1 aromatic rings. The van der Waals surface area contributed by atoms with Crippen molar-refractivity contribution in [3.8, 4) is 10.8 Å². The number of hydrogen-bond donors (Lipinski definition) is 2. The summed E-state index contributed by atoms with van der Waals surface area (Å²) in [6.45, 7) is -1.09. The Morgan fingerprint density at radius 3 is 2.81 bits per heavy atom. The van der Waals surface area contributed by atoms with Gasteiger partial charge in [-0.3, -0.25) is 4.57 Å². The maximum Gasteiger partial charge on any atom is 0.351 e. The van der Waals surface area contributed by atoms with E-state index >= 15 is 0 Å². The van der Waals surface area contributed by atoms with Crippen molar-refractivity contribution in [3.05, 3.63) is 22.2 Å². The molecule has 3 N–H and O–H groups in total. The van der Waals surface area contributed by atoms with Crippen LogP contribution in [0.3, 0.4) is 0 Å². The van der Waals surface area contributed by atoms with E-state index in [9.17, 15) is 18.0 Å². The summed E-state index contributed by atoms with van der Waals surface area (Å²) in [5, 5.41) is 8.81. The van der Waals surface area contributed by atoms with Gasteiger partial charge in [-0.25, -0.2) is 18.0 Å². The number of hydrogen-bond acceptors (Lipinski definition) is 5. The third kappa shape index (κ3) is 2.64. The van der Waals surface area contributed by atoms with Gasteiger partial charge in [0.15, 0.2) is 6.23 Å². The maximum absolute atomic E-state index is 13.8. The first-order chi connectivity index (χ1) is 9.82. The molecule has 3 atom stereocenters. The molecule has 0 amide bonds. The lowest BCUT2D eigenvalue weighted by atomic mass is 10.1. The fourth-order valence-corrected chi connectivity index (χ4v) is 2.09. The zero-order valence-electron chi connectivity index (χ0n) is 10.3. The zero-order valence-corrected chi connectivity index (χ0v) is 11.8. The van der Waals surface area contributed by atoms with Crippen LogP contribution in [-0.4, -0.2) is 39.5 Å². The van der Waals surface area contributed by atoms with E-state index in [1.807, 2.05) is 0 Å². The molecule has 21 heavy (non-hydrogen) atoms.